The number of rotatable bonds is 2. The summed E-state index contributed by atoms with van der Waals surface area (Å²) in [5.74, 6) is 0. The molecule has 0 N–H and O–H groups in total. The van der Waals surface area contributed by atoms with E-state index in [4.69, 9.17) is 4.74 Å². The summed E-state index contributed by atoms with van der Waals surface area (Å²) in [6.45, 7) is 5.83. The van der Waals surface area contributed by atoms with Crippen LogP contribution >= 0.6 is 0 Å². The molecule has 0 bridgehead atoms. The normalized spacial score (nSPS) is 31.1. The highest BCUT2D eigenvalue weighted by Crippen LogP contribution is 2.51. The maximum Gasteiger partial charge on any atom is 0.173 e. The van der Waals surface area contributed by atoms with Crippen LogP contribution in [0.4, 0.5) is 0 Å². The molecule has 0 radical (unpaired) electrons. The van der Waals surface area contributed by atoms with E-state index in [1.165, 1.54) is 0 Å². The van der Waals surface area contributed by atoms with E-state index in [1.54, 1.807) is 0 Å². The van der Waals surface area contributed by atoms with Crippen molar-refractivity contribution in [1.29, 1.82) is 0 Å². The first-order valence-electron chi connectivity index (χ1n) is 4.64. The Labute approximate surface area is 86.7 Å². The van der Waals surface area contributed by atoms with Gasteiger partial charge in [0.05, 0.1) is 10.8 Å². The predicted molar refractivity (Wildman–Crippen MR) is 56.4 cm³/mol. The van der Waals surface area contributed by atoms with E-state index >= 15 is 0 Å². The number of hydrogen-bond acceptors (Lipinski definition) is 2. The Bertz CT molecular complexity index is 372. The monoisotopic (exact) mass is 210 g/mol. The van der Waals surface area contributed by atoms with E-state index in [-0.39, 0.29) is 5.60 Å². The molecule has 2 rings (SSSR count). The second kappa shape index (κ2) is 2.91. The highest BCUT2D eigenvalue weighted by atomic mass is 32.2. The van der Waals surface area contributed by atoms with Gasteiger partial charge in [-0.2, -0.15) is 0 Å². The van der Waals surface area contributed by atoms with Crippen molar-refractivity contribution in [3.8, 4) is 0 Å². The third-order valence-electron chi connectivity index (χ3n) is 2.81. The minimum Gasteiger partial charge on any atom is -0.349 e. The molecule has 1 aliphatic heterocycles. The van der Waals surface area contributed by atoms with Crippen molar-refractivity contribution >= 4 is 10.8 Å². The van der Waals surface area contributed by atoms with Gasteiger partial charge in [-0.3, -0.25) is 4.21 Å². The van der Waals surface area contributed by atoms with Crippen LogP contribution in [-0.2, 0) is 15.5 Å². The smallest absolute Gasteiger partial charge is 0.173 e. The van der Waals surface area contributed by atoms with Crippen LogP contribution in [0.5, 0.6) is 0 Å². The van der Waals surface area contributed by atoms with Gasteiger partial charge in [0.2, 0.25) is 0 Å². The van der Waals surface area contributed by atoms with Gasteiger partial charge in [0.15, 0.2) is 4.93 Å². The van der Waals surface area contributed by atoms with Crippen molar-refractivity contribution < 1.29 is 8.95 Å². The van der Waals surface area contributed by atoms with Gasteiger partial charge in [0.25, 0.3) is 0 Å². The Morgan fingerprint density at radius 2 is 1.64 bits per heavy atom. The first kappa shape index (κ1) is 9.87. The number of benzene rings is 1. The average Bonchev–Trinajstić information content (AvgIpc) is 2.68. The SMILES string of the molecule is CC1(C)OC1(C)S(=O)c1ccccc1. The number of ether oxygens (including phenoxy) is 1. The summed E-state index contributed by atoms with van der Waals surface area (Å²) in [4.78, 5) is 0.314. The molecule has 0 spiro atoms. The van der Waals surface area contributed by atoms with Crippen LogP contribution in [0.3, 0.4) is 0 Å². The molecule has 1 aliphatic rings. The predicted octanol–water partition coefficient (Wildman–Crippen LogP) is 2.32. The molecular weight excluding hydrogens is 196 g/mol. The zero-order chi connectivity index (χ0) is 10.4. The highest BCUT2D eigenvalue weighted by molar-refractivity contribution is 7.86. The fraction of sp³-hybridized carbons (Fsp3) is 0.455. The van der Waals surface area contributed by atoms with Gasteiger partial charge in [-0.15, -0.1) is 0 Å². The Morgan fingerprint density at radius 1 is 1.14 bits per heavy atom. The molecule has 1 heterocycles. The van der Waals surface area contributed by atoms with Crippen molar-refractivity contribution in [2.75, 3.05) is 0 Å². The van der Waals surface area contributed by atoms with E-state index < -0.39 is 15.7 Å². The van der Waals surface area contributed by atoms with Gasteiger partial charge in [0, 0.05) is 4.90 Å². The summed E-state index contributed by atoms with van der Waals surface area (Å²) in [7, 11) is -1.08. The lowest BCUT2D eigenvalue weighted by molar-refractivity contribution is 0.318. The number of hydrogen-bond donors (Lipinski definition) is 0. The average molecular weight is 210 g/mol. The molecule has 14 heavy (non-hydrogen) atoms. The van der Waals surface area contributed by atoms with Crippen LogP contribution in [-0.4, -0.2) is 14.7 Å². The first-order chi connectivity index (χ1) is 6.47. The molecule has 1 fully saturated rings. The lowest BCUT2D eigenvalue weighted by atomic mass is 10.1. The lowest BCUT2D eigenvalue weighted by Gasteiger charge is -2.08. The van der Waals surface area contributed by atoms with Crippen molar-refractivity contribution in [2.24, 2.45) is 0 Å². The molecule has 1 aromatic carbocycles. The zero-order valence-electron chi connectivity index (χ0n) is 8.61. The summed E-state index contributed by atoms with van der Waals surface area (Å²) in [6, 6.07) is 9.46. The van der Waals surface area contributed by atoms with Gasteiger partial charge < -0.3 is 4.74 Å². The van der Waals surface area contributed by atoms with Gasteiger partial charge in [0.1, 0.15) is 5.60 Å². The van der Waals surface area contributed by atoms with Crippen LogP contribution in [0.15, 0.2) is 35.2 Å². The third-order valence-corrected chi connectivity index (χ3v) is 4.80. The molecule has 0 amide bonds. The van der Waals surface area contributed by atoms with E-state index in [9.17, 15) is 4.21 Å². The van der Waals surface area contributed by atoms with Gasteiger partial charge in [-0.05, 0) is 32.9 Å². The van der Waals surface area contributed by atoms with Crippen molar-refractivity contribution in [1.82, 2.24) is 0 Å². The molecule has 0 saturated carbocycles. The summed E-state index contributed by atoms with van der Waals surface area (Å²) in [6.07, 6.45) is 0. The Morgan fingerprint density at radius 3 is 2.07 bits per heavy atom. The minimum absolute atomic E-state index is 0.270. The maximum atomic E-state index is 12.1. The topological polar surface area (TPSA) is 29.6 Å². The summed E-state index contributed by atoms with van der Waals surface area (Å²) < 4.78 is 17.6. The summed E-state index contributed by atoms with van der Waals surface area (Å²) >= 11 is 0. The van der Waals surface area contributed by atoms with Crippen LogP contribution in [0.2, 0.25) is 0 Å². The van der Waals surface area contributed by atoms with Gasteiger partial charge in [-0.1, -0.05) is 18.2 Å². The molecule has 0 aliphatic carbocycles. The van der Waals surface area contributed by atoms with Crippen LogP contribution in [0, 0.1) is 0 Å². The lowest BCUT2D eigenvalue weighted by Crippen LogP contribution is -2.22. The van der Waals surface area contributed by atoms with E-state index in [1.807, 2.05) is 51.1 Å². The van der Waals surface area contributed by atoms with Gasteiger partial charge >= 0.3 is 0 Å². The van der Waals surface area contributed by atoms with E-state index in [0.29, 0.717) is 0 Å². The van der Waals surface area contributed by atoms with E-state index in [2.05, 4.69) is 0 Å². The molecule has 76 valence electrons. The Balaban J connectivity index is 2.28. The third kappa shape index (κ3) is 1.31. The Kier molecular flexibility index (Phi) is 2.05. The molecule has 3 heteroatoms. The highest BCUT2D eigenvalue weighted by Gasteiger charge is 2.64. The van der Waals surface area contributed by atoms with Gasteiger partial charge in [-0.25, -0.2) is 0 Å². The molecule has 1 saturated heterocycles. The van der Waals surface area contributed by atoms with Crippen molar-refractivity contribution in [3.63, 3.8) is 0 Å². The van der Waals surface area contributed by atoms with E-state index in [0.717, 1.165) is 4.90 Å². The zero-order valence-corrected chi connectivity index (χ0v) is 9.43. The summed E-state index contributed by atoms with van der Waals surface area (Å²) in [5.41, 5.74) is -0.270. The molecule has 2 atom stereocenters. The second-order valence-corrected chi connectivity index (χ2v) is 5.93. The van der Waals surface area contributed by atoms with Crippen LogP contribution < -0.4 is 0 Å². The molecular formula is C11H14O2S. The summed E-state index contributed by atoms with van der Waals surface area (Å²) in [5, 5.41) is 0. The minimum atomic E-state index is -1.08. The fourth-order valence-electron chi connectivity index (χ4n) is 1.49. The molecule has 1 aromatic rings. The quantitative estimate of drug-likeness (QED) is 0.701. The van der Waals surface area contributed by atoms with Crippen LogP contribution in [0.25, 0.3) is 0 Å². The Hall–Kier alpha value is -0.670. The van der Waals surface area contributed by atoms with Crippen molar-refractivity contribution in [3.05, 3.63) is 30.3 Å². The molecule has 2 nitrogen and oxygen atoms in total. The largest absolute Gasteiger partial charge is 0.349 e. The fourth-order valence-corrected chi connectivity index (χ4v) is 3.08. The molecule has 2 unspecified atom stereocenters. The molecule has 0 aromatic heterocycles. The van der Waals surface area contributed by atoms with Crippen molar-refractivity contribution in [2.45, 2.75) is 36.2 Å². The maximum absolute atomic E-state index is 12.1. The van der Waals surface area contributed by atoms with Crippen LogP contribution in [0.1, 0.15) is 20.8 Å². The second-order valence-electron chi connectivity index (χ2n) is 4.14. The first-order valence-corrected chi connectivity index (χ1v) is 5.79. The number of epoxide rings is 1. The standard InChI is InChI=1S/C11H14O2S/c1-10(2)11(3,13-10)14(12)9-7-5-4-6-8-9/h4-8H,1-3H3.